The highest BCUT2D eigenvalue weighted by molar-refractivity contribution is 7.89. The van der Waals surface area contributed by atoms with E-state index >= 15 is 0 Å². The largest absolute Gasteiger partial charge is 0.476 e. The fraction of sp³-hybridized carbons (Fsp3) is 0.222. The standard InChI is InChI=1S/C27H22Cl2FN5O3S/c28-23-6-5-22(12-24(23)29)39(36,37)34-10-7-19-11-25-18(14-33-35(25)21-3-1-20(30)2-4-21)13-27(19,16-34)17-38-26-15-31-8-9-32-26/h1-6,8-9,11-12,14-15H,7,10,13,16-17H2/t27-/m1/s1. The van der Waals surface area contributed by atoms with Crippen molar-refractivity contribution in [2.24, 2.45) is 5.41 Å². The van der Waals surface area contributed by atoms with Gasteiger partial charge in [0, 0.05) is 30.9 Å². The van der Waals surface area contributed by atoms with Crippen LogP contribution in [0.3, 0.4) is 0 Å². The molecule has 1 aliphatic heterocycles. The molecule has 0 unspecified atom stereocenters. The van der Waals surface area contributed by atoms with Gasteiger partial charge in [0.05, 0.1) is 38.7 Å². The van der Waals surface area contributed by atoms with Gasteiger partial charge in [-0.2, -0.15) is 9.40 Å². The van der Waals surface area contributed by atoms with E-state index in [1.807, 2.05) is 0 Å². The van der Waals surface area contributed by atoms with Crippen molar-refractivity contribution in [2.45, 2.75) is 17.7 Å². The summed E-state index contributed by atoms with van der Waals surface area (Å²) in [4.78, 5) is 8.36. The maximum Gasteiger partial charge on any atom is 0.243 e. The smallest absolute Gasteiger partial charge is 0.243 e. The van der Waals surface area contributed by atoms with Gasteiger partial charge in [-0.15, -0.1) is 0 Å². The SMILES string of the molecule is O=S(=O)(c1ccc(Cl)c(Cl)c1)N1CCC2=Cc3c(cnn3-c3ccc(F)cc3)C[C@]2(COc2cnccn2)C1. The van der Waals surface area contributed by atoms with Gasteiger partial charge in [0.2, 0.25) is 15.9 Å². The molecule has 2 aromatic heterocycles. The van der Waals surface area contributed by atoms with Crippen LogP contribution in [0.25, 0.3) is 11.8 Å². The van der Waals surface area contributed by atoms with Crippen molar-refractivity contribution in [1.82, 2.24) is 24.1 Å². The number of piperidine rings is 1. The summed E-state index contributed by atoms with van der Waals surface area (Å²) < 4.78 is 50.3. The highest BCUT2D eigenvalue weighted by Gasteiger charge is 2.47. The maximum atomic E-state index is 13.7. The highest BCUT2D eigenvalue weighted by atomic mass is 35.5. The summed E-state index contributed by atoms with van der Waals surface area (Å²) in [6.07, 6.45) is 9.41. The van der Waals surface area contributed by atoms with Crippen LogP contribution in [0, 0.1) is 11.2 Å². The predicted molar refractivity (Wildman–Crippen MR) is 145 cm³/mol. The molecule has 0 spiro atoms. The Hall–Kier alpha value is -3.31. The number of hydrogen-bond donors (Lipinski definition) is 0. The van der Waals surface area contributed by atoms with Crippen LogP contribution in [0.2, 0.25) is 10.0 Å². The number of nitrogens with zero attached hydrogens (tertiary/aromatic N) is 5. The Morgan fingerprint density at radius 1 is 1.05 bits per heavy atom. The summed E-state index contributed by atoms with van der Waals surface area (Å²) in [5.41, 5.74) is 2.91. The van der Waals surface area contributed by atoms with Crippen LogP contribution in [0.1, 0.15) is 17.7 Å². The van der Waals surface area contributed by atoms with E-state index in [0.29, 0.717) is 18.7 Å². The number of aromatic nitrogens is 4. The molecule has 39 heavy (non-hydrogen) atoms. The van der Waals surface area contributed by atoms with Crippen LogP contribution in [0.15, 0.2) is 77.7 Å². The first kappa shape index (κ1) is 25.9. The van der Waals surface area contributed by atoms with Crippen molar-refractivity contribution < 1.29 is 17.5 Å². The Morgan fingerprint density at radius 3 is 2.62 bits per heavy atom. The lowest BCUT2D eigenvalue weighted by molar-refractivity contribution is 0.121. The summed E-state index contributed by atoms with van der Waals surface area (Å²) in [6.45, 7) is 0.649. The fourth-order valence-electron chi connectivity index (χ4n) is 5.18. The Kier molecular flexibility index (Phi) is 6.66. The van der Waals surface area contributed by atoms with E-state index in [-0.39, 0.29) is 40.5 Å². The molecule has 0 N–H and O–H groups in total. The first-order valence-electron chi connectivity index (χ1n) is 12.1. The first-order chi connectivity index (χ1) is 18.7. The molecular formula is C27H22Cl2FN5O3S. The minimum atomic E-state index is -3.87. The van der Waals surface area contributed by atoms with Crippen LogP contribution in [-0.2, 0) is 16.4 Å². The maximum absolute atomic E-state index is 13.7. The molecule has 0 radical (unpaired) electrons. The molecule has 0 bridgehead atoms. The first-order valence-corrected chi connectivity index (χ1v) is 14.3. The van der Waals surface area contributed by atoms with Crippen LogP contribution in [0.5, 0.6) is 5.88 Å². The van der Waals surface area contributed by atoms with Gasteiger partial charge in [-0.05, 0) is 66.9 Å². The van der Waals surface area contributed by atoms with Crippen molar-refractivity contribution in [3.63, 3.8) is 0 Å². The van der Waals surface area contributed by atoms with Gasteiger partial charge in [0.1, 0.15) is 12.4 Å². The number of hydrogen-bond acceptors (Lipinski definition) is 6. The van der Waals surface area contributed by atoms with Crippen LogP contribution < -0.4 is 4.74 Å². The summed E-state index contributed by atoms with van der Waals surface area (Å²) in [5, 5.41) is 5.02. The second-order valence-electron chi connectivity index (χ2n) is 9.57. The molecule has 0 saturated carbocycles. The zero-order chi connectivity index (χ0) is 27.2. The summed E-state index contributed by atoms with van der Waals surface area (Å²) in [6, 6.07) is 10.5. The van der Waals surface area contributed by atoms with Crippen LogP contribution in [0.4, 0.5) is 4.39 Å². The average molecular weight is 586 g/mol. The van der Waals surface area contributed by atoms with Crippen LogP contribution >= 0.6 is 23.2 Å². The van der Waals surface area contributed by atoms with E-state index in [2.05, 4.69) is 21.1 Å². The Morgan fingerprint density at radius 2 is 1.87 bits per heavy atom. The number of rotatable bonds is 6. The molecule has 1 saturated heterocycles. The molecule has 2 aliphatic rings. The third-order valence-electron chi connectivity index (χ3n) is 7.15. The van der Waals surface area contributed by atoms with Gasteiger partial charge < -0.3 is 4.74 Å². The number of sulfonamides is 1. The van der Waals surface area contributed by atoms with Crippen molar-refractivity contribution in [1.29, 1.82) is 0 Å². The monoisotopic (exact) mass is 585 g/mol. The molecule has 6 rings (SSSR count). The fourth-order valence-corrected chi connectivity index (χ4v) is 7.09. The van der Waals surface area contributed by atoms with Gasteiger partial charge in [-0.1, -0.05) is 28.8 Å². The second-order valence-corrected chi connectivity index (χ2v) is 12.3. The van der Waals surface area contributed by atoms with E-state index in [4.69, 9.17) is 27.9 Å². The Bertz CT molecular complexity index is 1680. The van der Waals surface area contributed by atoms with Crippen molar-refractivity contribution in [3.8, 4) is 11.6 Å². The van der Waals surface area contributed by atoms with E-state index in [0.717, 1.165) is 22.5 Å². The molecule has 1 atom stereocenters. The third kappa shape index (κ3) is 4.82. The van der Waals surface area contributed by atoms with E-state index < -0.39 is 15.4 Å². The quantitative estimate of drug-likeness (QED) is 0.308. The lowest BCUT2D eigenvalue weighted by atomic mass is 9.69. The minimum Gasteiger partial charge on any atom is -0.476 e. The molecule has 12 heteroatoms. The highest BCUT2D eigenvalue weighted by Crippen LogP contribution is 2.45. The lowest BCUT2D eigenvalue weighted by Gasteiger charge is -2.45. The third-order valence-corrected chi connectivity index (χ3v) is 9.73. The number of halogens is 3. The van der Waals surface area contributed by atoms with Gasteiger partial charge in [0.25, 0.3) is 0 Å². The minimum absolute atomic E-state index is 0.0787. The topological polar surface area (TPSA) is 90.2 Å². The Labute approximate surface area is 234 Å². The molecule has 3 heterocycles. The normalized spacial score (nSPS) is 19.2. The summed E-state index contributed by atoms with van der Waals surface area (Å²) in [7, 11) is -3.87. The molecule has 8 nitrogen and oxygen atoms in total. The Balaban J connectivity index is 1.38. The summed E-state index contributed by atoms with van der Waals surface area (Å²) in [5.74, 6) is 0.0253. The molecule has 200 valence electrons. The lowest BCUT2D eigenvalue weighted by Crippen LogP contribution is -2.52. The number of benzene rings is 2. The molecule has 1 fully saturated rings. The molecule has 4 aromatic rings. The van der Waals surface area contributed by atoms with E-state index in [1.54, 1.807) is 29.2 Å². The van der Waals surface area contributed by atoms with Crippen LogP contribution in [-0.4, -0.2) is 52.2 Å². The van der Waals surface area contributed by atoms with Gasteiger partial charge in [0.15, 0.2) is 0 Å². The summed E-state index contributed by atoms with van der Waals surface area (Å²) >= 11 is 12.2. The number of ether oxygens (including phenoxy) is 1. The molecular weight excluding hydrogens is 564 g/mol. The zero-order valence-corrected chi connectivity index (χ0v) is 22.8. The van der Waals surface area contributed by atoms with E-state index in [9.17, 15) is 12.8 Å². The van der Waals surface area contributed by atoms with Gasteiger partial charge in [-0.3, -0.25) is 4.98 Å². The zero-order valence-electron chi connectivity index (χ0n) is 20.5. The predicted octanol–water partition coefficient (Wildman–Crippen LogP) is 5.21. The van der Waals surface area contributed by atoms with E-state index in [1.165, 1.54) is 47.0 Å². The van der Waals surface area contributed by atoms with Crippen molar-refractivity contribution in [2.75, 3.05) is 19.7 Å². The van der Waals surface area contributed by atoms with Gasteiger partial charge in [-0.25, -0.2) is 22.5 Å². The molecule has 1 aliphatic carbocycles. The molecule has 2 aromatic carbocycles. The number of fused-ring (bicyclic) bond motifs is 2. The van der Waals surface area contributed by atoms with Crippen molar-refractivity contribution >= 4 is 39.3 Å². The van der Waals surface area contributed by atoms with Crippen molar-refractivity contribution in [3.05, 3.63) is 99.9 Å². The van der Waals surface area contributed by atoms with Gasteiger partial charge >= 0.3 is 0 Å². The second kappa shape index (κ2) is 10.0. The average Bonchev–Trinajstić information content (AvgIpc) is 3.35. The molecule has 0 amide bonds.